The summed E-state index contributed by atoms with van der Waals surface area (Å²) in [4.78, 5) is 0. The first-order valence-corrected chi connectivity index (χ1v) is 8.62. The standard InChI is InChI=1S/C18H10Cl3F7/c1-8-2-3-9(4-11(8)17(23,24)25)15(22)7-12(18(26,27)28)10-5-13(19)16(21)14(20)6-10/h2-7,12H,1H3/b15-7-. The number of rotatable bonds is 3. The van der Waals surface area contributed by atoms with Crippen LogP contribution in [-0.4, -0.2) is 6.18 Å². The van der Waals surface area contributed by atoms with E-state index in [2.05, 4.69) is 0 Å². The highest BCUT2D eigenvalue weighted by Gasteiger charge is 2.40. The van der Waals surface area contributed by atoms with Gasteiger partial charge in [-0.3, -0.25) is 0 Å². The van der Waals surface area contributed by atoms with E-state index in [1.807, 2.05) is 0 Å². The van der Waals surface area contributed by atoms with Crippen molar-refractivity contribution in [2.75, 3.05) is 0 Å². The van der Waals surface area contributed by atoms with E-state index in [-0.39, 0.29) is 26.7 Å². The number of allylic oxidation sites excluding steroid dienone is 1. The fourth-order valence-electron chi connectivity index (χ4n) is 2.45. The number of alkyl halides is 6. The Morgan fingerprint density at radius 3 is 1.93 bits per heavy atom. The van der Waals surface area contributed by atoms with Gasteiger partial charge in [-0.05, 0) is 42.3 Å². The van der Waals surface area contributed by atoms with Crippen LogP contribution < -0.4 is 0 Å². The lowest BCUT2D eigenvalue weighted by atomic mass is 9.95. The summed E-state index contributed by atoms with van der Waals surface area (Å²) in [5, 5.41) is -0.727. The molecule has 2 aromatic rings. The minimum atomic E-state index is -4.96. The molecule has 0 aromatic heterocycles. The lowest BCUT2D eigenvalue weighted by Gasteiger charge is -2.19. The minimum absolute atomic E-state index is 0.167. The van der Waals surface area contributed by atoms with Gasteiger partial charge in [-0.15, -0.1) is 0 Å². The summed E-state index contributed by atoms with van der Waals surface area (Å²) in [6.07, 6.45) is -9.57. The van der Waals surface area contributed by atoms with Crippen LogP contribution in [0, 0.1) is 6.92 Å². The van der Waals surface area contributed by atoms with E-state index in [0.717, 1.165) is 31.2 Å². The molecule has 0 spiro atoms. The molecular weight excluding hydrogens is 456 g/mol. The monoisotopic (exact) mass is 464 g/mol. The van der Waals surface area contributed by atoms with E-state index in [9.17, 15) is 30.7 Å². The molecule has 0 aliphatic heterocycles. The molecule has 0 saturated heterocycles. The fraction of sp³-hybridized carbons (Fsp3) is 0.222. The zero-order valence-electron chi connectivity index (χ0n) is 13.8. The van der Waals surface area contributed by atoms with E-state index in [1.165, 1.54) is 0 Å². The van der Waals surface area contributed by atoms with Crippen molar-refractivity contribution in [1.29, 1.82) is 0 Å². The smallest absolute Gasteiger partial charge is 0.207 e. The summed E-state index contributed by atoms with van der Waals surface area (Å²) in [6, 6.07) is 4.13. The molecular formula is C18H10Cl3F7. The Balaban J connectivity index is 2.57. The maximum Gasteiger partial charge on any atom is 0.416 e. The van der Waals surface area contributed by atoms with Crippen molar-refractivity contribution in [3.05, 3.63) is 73.7 Å². The number of hydrogen-bond donors (Lipinski definition) is 0. The summed E-state index contributed by atoms with van der Waals surface area (Å²) in [5.41, 5.74) is -2.48. The highest BCUT2D eigenvalue weighted by Crippen LogP contribution is 2.42. The number of aryl methyl sites for hydroxylation is 1. The highest BCUT2D eigenvalue weighted by molar-refractivity contribution is 6.48. The van der Waals surface area contributed by atoms with Crippen molar-refractivity contribution in [2.24, 2.45) is 0 Å². The average Bonchev–Trinajstić information content (AvgIpc) is 2.55. The topological polar surface area (TPSA) is 0 Å². The van der Waals surface area contributed by atoms with Crippen molar-refractivity contribution in [3.63, 3.8) is 0 Å². The van der Waals surface area contributed by atoms with Crippen LogP contribution in [0.3, 0.4) is 0 Å². The van der Waals surface area contributed by atoms with Crippen LogP contribution in [0.1, 0.15) is 28.2 Å². The first-order valence-electron chi connectivity index (χ1n) is 7.48. The van der Waals surface area contributed by atoms with Gasteiger partial charge in [0.2, 0.25) is 0 Å². The Kier molecular flexibility index (Phi) is 6.63. The molecule has 2 aromatic carbocycles. The van der Waals surface area contributed by atoms with Gasteiger partial charge in [-0.2, -0.15) is 26.3 Å². The molecule has 0 heterocycles. The highest BCUT2D eigenvalue weighted by atomic mass is 35.5. The zero-order chi connectivity index (χ0) is 21.4. The molecule has 152 valence electrons. The van der Waals surface area contributed by atoms with Gasteiger partial charge in [-0.1, -0.05) is 46.9 Å². The van der Waals surface area contributed by atoms with Crippen LogP contribution in [-0.2, 0) is 6.18 Å². The third-order valence-electron chi connectivity index (χ3n) is 3.85. The van der Waals surface area contributed by atoms with Crippen LogP contribution in [0.15, 0.2) is 36.4 Å². The summed E-state index contributed by atoms with van der Waals surface area (Å²) >= 11 is 17.2. The van der Waals surface area contributed by atoms with Crippen LogP contribution in [0.2, 0.25) is 15.1 Å². The summed E-state index contributed by atoms with van der Waals surface area (Å²) < 4.78 is 93.8. The van der Waals surface area contributed by atoms with Crippen molar-refractivity contribution < 1.29 is 30.7 Å². The van der Waals surface area contributed by atoms with Gasteiger partial charge < -0.3 is 0 Å². The Morgan fingerprint density at radius 1 is 0.929 bits per heavy atom. The van der Waals surface area contributed by atoms with Crippen molar-refractivity contribution in [3.8, 4) is 0 Å². The van der Waals surface area contributed by atoms with E-state index in [0.29, 0.717) is 6.07 Å². The van der Waals surface area contributed by atoms with Gasteiger partial charge in [0.05, 0.1) is 20.6 Å². The molecule has 0 amide bonds. The Labute approximate surface area is 170 Å². The zero-order valence-corrected chi connectivity index (χ0v) is 16.1. The minimum Gasteiger partial charge on any atom is -0.207 e. The largest absolute Gasteiger partial charge is 0.416 e. The van der Waals surface area contributed by atoms with Gasteiger partial charge >= 0.3 is 12.4 Å². The SMILES string of the molecule is Cc1ccc(/C(F)=C/C(c2cc(Cl)c(Cl)c(Cl)c2)C(F)(F)F)cc1C(F)(F)F. The van der Waals surface area contributed by atoms with Crippen molar-refractivity contribution in [2.45, 2.75) is 25.2 Å². The third-order valence-corrected chi connectivity index (χ3v) is 5.05. The van der Waals surface area contributed by atoms with Crippen LogP contribution in [0.4, 0.5) is 30.7 Å². The second-order valence-corrected chi connectivity index (χ2v) is 7.05. The average molecular weight is 466 g/mol. The molecule has 0 aliphatic rings. The quantitative estimate of drug-likeness (QED) is 0.314. The van der Waals surface area contributed by atoms with Crippen LogP contribution in [0.25, 0.3) is 5.83 Å². The van der Waals surface area contributed by atoms with Crippen LogP contribution >= 0.6 is 34.8 Å². The number of halogens is 10. The number of benzene rings is 2. The summed E-state index contributed by atoms with van der Waals surface area (Å²) in [5.74, 6) is -3.98. The molecule has 1 atom stereocenters. The molecule has 0 saturated carbocycles. The molecule has 1 unspecified atom stereocenters. The van der Waals surface area contributed by atoms with E-state index < -0.39 is 40.8 Å². The van der Waals surface area contributed by atoms with E-state index in [1.54, 1.807) is 0 Å². The maximum absolute atomic E-state index is 14.5. The normalized spacial score (nSPS) is 14.3. The Morgan fingerprint density at radius 2 is 1.46 bits per heavy atom. The second-order valence-electron chi connectivity index (χ2n) is 5.86. The molecule has 28 heavy (non-hydrogen) atoms. The first kappa shape index (κ1) is 22.8. The molecule has 10 heteroatoms. The van der Waals surface area contributed by atoms with Gasteiger partial charge in [0.15, 0.2) is 0 Å². The van der Waals surface area contributed by atoms with Gasteiger partial charge in [-0.25, -0.2) is 4.39 Å². The lowest BCUT2D eigenvalue weighted by Crippen LogP contribution is -2.19. The summed E-state index contributed by atoms with van der Waals surface area (Å²) in [7, 11) is 0. The predicted molar refractivity (Wildman–Crippen MR) is 95.5 cm³/mol. The van der Waals surface area contributed by atoms with Crippen molar-refractivity contribution in [1.82, 2.24) is 0 Å². The van der Waals surface area contributed by atoms with Gasteiger partial charge in [0.1, 0.15) is 11.7 Å². The Bertz CT molecular complexity index is 891. The second kappa shape index (κ2) is 8.13. The predicted octanol–water partition coefficient (Wildman–Crippen LogP) is 8.63. The number of hydrogen-bond acceptors (Lipinski definition) is 0. The molecule has 2 rings (SSSR count). The molecule has 0 fully saturated rings. The third kappa shape index (κ3) is 5.13. The molecule has 0 bridgehead atoms. The lowest BCUT2D eigenvalue weighted by molar-refractivity contribution is -0.140. The van der Waals surface area contributed by atoms with Crippen molar-refractivity contribution >= 4 is 40.6 Å². The van der Waals surface area contributed by atoms with E-state index in [4.69, 9.17) is 34.8 Å². The van der Waals surface area contributed by atoms with Gasteiger partial charge in [0.25, 0.3) is 0 Å². The first-order chi connectivity index (χ1) is 12.7. The van der Waals surface area contributed by atoms with Gasteiger partial charge in [0, 0.05) is 5.56 Å². The fourth-order valence-corrected chi connectivity index (χ4v) is 3.07. The molecule has 0 N–H and O–H groups in total. The summed E-state index contributed by atoms with van der Waals surface area (Å²) in [6.45, 7) is 1.16. The maximum atomic E-state index is 14.5. The molecule has 0 nitrogen and oxygen atoms in total. The molecule has 0 radical (unpaired) electrons. The van der Waals surface area contributed by atoms with E-state index >= 15 is 0 Å². The Hall–Kier alpha value is -1.44. The van der Waals surface area contributed by atoms with Crippen LogP contribution in [0.5, 0.6) is 0 Å². The molecule has 0 aliphatic carbocycles.